The first-order valence-corrected chi connectivity index (χ1v) is 7.18. The van der Waals surface area contributed by atoms with E-state index in [2.05, 4.69) is 11.9 Å². The third-order valence-electron chi connectivity index (χ3n) is 2.17. The Labute approximate surface area is 99.8 Å². The summed E-state index contributed by atoms with van der Waals surface area (Å²) in [5.41, 5.74) is -0.404. The van der Waals surface area contributed by atoms with Crippen LogP contribution in [0.5, 0.6) is 0 Å². The minimum absolute atomic E-state index is 0.131. The molecule has 0 aromatic heterocycles. The molecule has 4 nitrogen and oxygen atoms in total. The molecule has 0 aromatic rings. The van der Waals surface area contributed by atoms with Crippen molar-refractivity contribution in [2.75, 3.05) is 25.4 Å². The molecular weight excluding hydrogens is 224 g/mol. The molecule has 0 aliphatic heterocycles. The standard InChI is InChI=1S/C11H24N2O2S/c1-6-9-13(11(3,4)5)16(14,15)10-8-12-7-2/h6,12H,1,7-10H2,2-5H3. The molecule has 0 bridgehead atoms. The summed E-state index contributed by atoms with van der Waals surface area (Å²) in [6, 6.07) is 0. The van der Waals surface area contributed by atoms with Gasteiger partial charge in [0.25, 0.3) is 0 Å². The van der Waals surface area contributed by atoms with Gasteiger partial charge in [0.05, 0.1) is 5.75 Å². The van der Waals surface area contributed by atoms with Crippen molar-refractivity contribution < 1.29 is 8.42 Å². The molecule has 0 radical (unpaired) electrons. The topological polar surface area (TPSA) is 49.4 Å². The third-order valence-corrected chi connectivity index (χ3v) is 4.25. The fraction of sp³-hybridized carbons (Fsp3) is 0.818. The second-order valence-electron chi connectivity index (χ2n) is 4.66. The Kier molecular flexibility index (Phi) is 6.22. The number of hydrogen-bond donors (Lipinski definition) is 1. The predicted octanol–water partition coefficient (Wildman–Crippen LogP) is 1.21. The summed E-state index contributed by atoms with van der Waals surface area (Å²) in [6.07, 6.45) is 1.62. The molecule has 0 amide bonds. The fourth-order valence-corrected chi connectivity index (χ4v) is 3.20. The van der Waals surface area contributed by atoms with Crippen LogP contribution in [0.4, 0.5) is 0 Å². The lowest BCUT2D eigenvalue weighted by molar-refractivity contribution is 0.270. The minimum atomic E-state index is -3.21. The van der Waals surface area contributed by atoms with E-state index in [0.29, 0.717) is 13.1 Å². The maximum Gasteiger partial charge on any atom is 0.216 e. The Morgan fingerprint density at radius 1 is 1.38 bits per heavy atom. The lowest BCUT2D eigenvalue weighted by Gasteiger charge is -2.33. The van der Waals surface area contributed by atoms with Crippen LogP contribution in [0, 0.1) is 0 Å². The highest BCUT2D eigenvalue weighted by Gasteiger charge is 2.30. The summed E-state index contributed by atoms with van der Waals surface area (Å²) in [5.74, 6) is 0.131. The van der Waals surface area contributed by atoms with Crippen LogP contribution < -0.4 is 5.32 Å². The smallest absolute Gasteiger partial charge is 0.216 e. The molecule has 0 unspecified atom stereocenters. The van der Waals surface area contributed by atoms with Crippen molar-refractivity contribution in [2.24, 2.45) is 0 Å². The first-order chi connectivity index (χ1) is 7.25. The average Bonchev–Trinajstić information content (AvgIpc) is 2.12. The van der Waals surface area contributed by atoms with Gasteiger partial charge in [-0.2, -0.15) is 4.31 Å². The van der Waals surface area contributed by atoms with Gasteiger partial charge in [0.1, 0.15) is 0 Å². The molecule has 5 heteroatoms. The Balaban J connectivity index is 4.70. The van der Waals surface area contributed by atoms with Gasteiger partial charge in [0, 0.05) is 18.6 Å². The van der Waals surface area contributed by atoms with E-state index in [1.807, 2.05) is 27.7 Å². The average molecular weight is 248 g/mol. The summed E-state index contributed by atoms with van der Waals surface area (Å²) in [6.45, 7) is 12.9. The van der Waals surface area contributed by atoms with E-state index in [4.69, 9.17) is 0 Å². The van der Waals surface area contributed by atoms with Crippen LogP contribution in [-0.4, -0.2) is 43.6 Å². The largest absolute Gasteiger partial charge is 0.316 e. The van der Waals surface area contributed by atoms with Crippen LogP contribution in [0.25, 0.3) is 0 Å². The highest BCUT2D eigenvalue weighted by molar-refractivity contribution is 7.89. The van der Waals surface area contributed by atoms with Crippen LogP contribution in [0.15, 0.2) is 12.7 Å². The van der Waals surface area contributed by atoms with Crippen LogP contribution in [-0.2, 0) is 10.0 Å². The van der Waals surface area contributed by atoms with E-state index in [1.54, 1.807) is 6.08 Å². The van der Waals surface area contributed by atoms with Crippen molar-refractivity contribution >= 4 is 10.0 Å². The van der Waals surface area contributed by atoms with Crippen molar-refractivity contribution in [3.8, 4) is 0 Å². The summed E-state index contributed by atoms with van der Waals surface area (Å²) in [4.78, 5) is 0. The molecule has 0 fully saturated rings. The zero-order chi connectivity index (χ0) is 12.8. The van der Waals surface area contributed by atoms with Crippen LogP contribution in [0.1, 0.15) is 27.7 Å². The van der Waals surface area contributed by atoms with Gasteiger partial charge < -0.3 is 5.32 Å². The molecule has 0 aromatic carbocycles. The fourth-order valence-electron chi connectivity index (χ4n) is 1.41. The van der Waals surface area contributed by atoms with Gasteiger partial charge in [-0.3, -0.25) is 0 Å². The number of hydrogen-bond acceptors (Lipinski definition) is 3. The molecule has 0 saturated carbocycles. The molecule has 0 aliphatic carbocycles. The number of rotatable bonds is 7. The lowest BCUT2D eigenvalue weighted by atomic mass is 10.1. The molecule has 0 spiro atoms. The maximum absolute atomic E-state index is 12.1. The van der Waals surface area contributed by atoms with Gasteiger partial charge in [-0.05, 0) is 27.3 Å². The third kappa shape index (κ3) is 5.09. The van der Waals surface area contributed by atoms with E-state index < -0.39 is 15.6 Å². The van der Waals surface area contributed by atoms with Crippen molar-refractivity contribution in [1.29, 1.82) is 0 Å². The number of nitrogens with one attached hydrogen (secondary N) is 1. The number of nitrogens with zero attached hydrogens (tertiary/aromatic N) is 1. The lowest BCUT2D eigenvalue weighted by Crippen LogP contribution is -2.47. The molecule has 0 rings (SSSR count). The van der Waals surface area contributed by atoms with Crippen molar-refractivity contribution in [1.82, 2.24) is 9.62 Å². The van der Waals surface area contributed by atoms with Crippen LogP contribution in [0.2, 0.25) is 0 Å². The monoisotopic (exact) mass is 248 g/mol. The zero-order valence-corrected chi connectivity index (χ0v) is 11.6. The van der Waals surface area contributed by atoms with Crippen molar-refractivity contribution in [2.45, 2.75) is 33.2 Å². The van der Waals surface area contributed by atoms with Crippen LogP contribution >= 0.6 is 0 Å². The highest BCUT2D eigenvalue weighted by atomic mass is 32.2. The van der Waals surface area contributed by atoms with Gasteiger partial charge in [-0.25, -0.2) is 8.42 Å². The van der Waals surface area contributed by atoms with E-state index in [9.17, 15) is 8.42 Å². The summed E-state index contributed by atoms with van der Waals surface area (Å²) in [5, 5.41) is 3.02. The Morgan fingerprint density at radius 2 is 1.94 bits per heavy atom. The Hall–Kier alpha value is -0.390. The van der Waals surface area contributed by atoms with Crippen LogP contribution in [0.3, 0.4) is 0 Å². The maximum atomic E-state index is 12.1. The van der Waals surface area contributed by atoms with E-state index in [-0.39, 0.29) is 5.75 Å². The van der Waals surface area contributed by atoms with E-state index >= 15 is 0 Å². The minimum Gasteiger partial charge on any atom is -0.316 e. The van der Waals surface area contributed by atoms with Gasteiger partial charge >= 0.3 is 0 Å². The molecule has 0 heterocycles. The second kappa shape index (κ2) is 6.37. The van der Waals surface area contributed by atoms with Gasteiger partial charge in [0.2, 0.25) is 10.0 Å². The quantitative estimate of drug-likeness (QED) is 0.544. The molecule has 96 valence electrons. The molecule has 1 N–H and O–H groups in total. The van der Waals surface area contributed by atoms with Gasteiger partial charge in [-0.15, -0.1) is 6.58 Å². The van der Waals surface area contributed by atoms with Crippen molar-refractivity contribution in [3.63, 3.8) is 0 Å². The first-order valence-electron chi connectivity index (χ1n) is 5.58. The SMILES string of the molecule is C=CCN(C(C)(C)C)S(=O)(=O)CCNCC. The molecule has 0 saturated heterocycles. The summed E-state index contributed by atoms with van der Waals surface area (Å²) >= 11 is 0. The molecule has 0 aliphatic rings. The molecule has 16 heavy (non-hydrogen) atoms. The van der Waals surface area contributed by atoms with E-state index in [1.165, 1.54) is 4.31 Å². The van der Waals surface area contributed by atoms with Gasteiger partial charge in [-0.1, -0.05) is 13.0 Å². The predicted molar refractivity (Wildman–Crippen MR) is 69.0 cm³/mol. The Bertz CT molecular complexity index is 304. The van der Waals surface area contributed by atoms with Gasteiger partial charge in [0.15, 0.2) is 0 Å². The summed E-state index contributed by atoms with van der Waals surface area (Å²) < 4.78 is 25.7. The highest BCUT2D eigenvalue weighted by Crippen LogP contribution is 2.18. The Morgan fingerprint density at radius 3 is 2.31 bits per heavy atom. The molecule has 0 atom stereocenters. The molecular formula is C11H24N2O2S. The summed E-state index contributed by atoms with van der Waals surface area (Å²) in [7, 11) is -3.21. The van der Waals surface area contributed by atoms with E-state index in [0.717, 1.165) is 6.54 Å². The second-order valence-corrected chi connectivity index (χ2v) is 6.67. The zero-order valence-electron chi connectivity index (χ0n) is 10.8. The first kappa shape index (κ1) is 15.6. The van der Waals surface area contributed by atoms with Crippen molar-refractivity contribution in [3.05, 3.63) is 12.7 Å². The normalized spacial score (nSPS) is 13.1. The number of sulfonamides is 1.